The number of aliphatic hydroxyl groups excluding tert-OH is 1. The number of aryl methyl sites for hydroxylation is 1. The van der Waals surface area contributed by atoms with E-state index in [9.17, 15) is 5.11 Å². The summed E-state index contributed by atoms with van der Waals surface area (Å²) < 4.78 is 0. The van der Waals surface area contributed by atoms with Crippen molar-refractivity contribution in [3.63, 3.8) is 0 Å². The maximum absolute atomic E-state index is 9.31. The molecule has 2 aromatic heterocycles. The predicted molar refractivity (Wildman–Crippen MR) is 71.2 cm³/mol. The largest absolute Gasteiger partial charge is 0.392 e. The summed E-state index contributed by atoms with van der Waals surface area (Å²) in [7, 11) is 1.97. The monoisotopic (exact) mass is 243 g/mol. The number of pyridine rings is 2. The third kappa shape index (κ3) is 2.84. The Morgan fingerprint density at radius 1 is 1.28 bits per heavy atom. The molecule has 2 heterocycles. The Balaban J connectivity index is 2.19. The van der Waals surface area contributed by atoms with Gasteiger partial charge in [0.05, 0.1) is 30.7 Å². The highest BCUT2D eigenvalue weighted by Crippen LogP contribution is 2.19. The van der Waals surface area contributed by atoms with Gasteiger partial charge < -0.3 is 10.0 Å². The number of rotatable bonds is 4. The van der Waals surface area contributed by atoms with Gasteiger partial charge in [0.15, 0.2) is 0 Å². The van der Waals surface area contributed by atoms with Gasteiger partial charge in [-0.25, -0.2) is 0 Å². The van der Waals surface area contributed by atoms with Crippen LogP contribution in [-0.2, 0) is 13.2 Å². The van der Waals surface area contributed by atoms with Crippen molar-refractivity contribution in [2.75, 3.05) is 11.9 Å². The zero-order chi connectivity index (χ0) is 13.0. The van der Waals surface area contributed by atoms with Crippen LogP contribution >= 0.6 is 0 Å². The lowest BCUT2D eigenvalue weighted by Gasteiger charge is -2.21. The van der Waals surface area contributed by atoms with Crippen molar-refractivity contribution in [3.05, 3.63) is 53.6 Å². The molecule has 0 amide bonds. The van der Waals surface area contributed by atoms with Gasteiger partial charge in [0.1, 0.15) is 0 Å². The molecule has 2 rings (SSSR count). The van der Waals surface area contributed by atoms with E-state index in [1.807, 2.05) is 43.1 Å². The highest BCUT2D eigenvalue weighted by atomic mass is 16.3. The molecule has 0 radical (unpaired) electrons. The Bertz CT molecular complexity index is 528. The van der Waals surface area contributed by atoms with Gasteiger partial charge in [-0.15, -0.1) is 0 Å². The third-order valence-electron chi connectivity index (χ3n) is 2.81. The molecule has 18 heavy (non-hydrogen) atoms. The van der Waals surface area contributed by atoms with Crippen molar-refractivity contribution < 1.29 is 5.11 Å². The van der Waals surface area contributed by atoms with E-state index in [2.05, 4.69) is 9.97 Å². The van der Waals surface area contributed by atoms with Gasteiger partial charge in [0, 0.05) is 24.5 Å². The van der Waals surface area contributed by atoms with Gasteiger partial charge in [-0.2, -0.15) is 0 Å². The Hall–Kier alpha value is -1.94. The summed E-state index contributed by atoms with van der Waals surface area (Å²) in [6, 6.07) is 7.81. The average Bonchev–Trinajstić information content (AvgIpc) is 2.38. The topological polar surface area (TPSA) is 49.2 Å². The summed E-state index contributed by atoms with van der Waals surface area (Å²) in [6.45, 7) is 2.69. The summed E-state index contributed by atoms with van der Waals surface area (Å²) in [4.78, 5) is 10.6. The van der Waals surface area contributed by atoms with Crippen LogP contribution in [0.15, 0.2) is 36.7 Å². The molecule has 0 spiro atoms. The smallest absolute Gasteiger partial charge is 0.0703 e. The van der Waals surface area contributed by atoms with Crippen LogP contribution in [0.25, 0.3) is 0 Å². The molecule has 0 unspecified atom stereocenters. The molecule has 0 aliphatic heterocycles. The van der Waals surface area contributed by atoms with E-state index < -0.39 is 0 Å². The maximum atomic E-state index is 9.31. The van der Waals surface area contributed by atoms with Crippen LogP contribution in [0.4, 0.5) is 5.69 Å². The summed E-state index contributed by atoms with van der Waals surface area (Å²) >= 11 is 0. The Labute approximate surface area is 107 Å². The Kier molecular flexibility index (Phi) is 3.89. The van der Waals surface area contributed by atoms with Crippen molar-refractivity contribution in [3.8, 4) is 0 Å². The number of anilines is 1. The Morgan fingerprint density at radius 3 is 2.83 bits per heavy atom. The molecule has 0 aliphatic rings. The predicted octanol–water partition coefficient (Wildman–Crippen LogP) is 1.91. The van der Waals surface area contributed by atoms with E-state index >= 15 is 0 Å². The molecular weight excluding hydrogens is 226 g/mol. The molecule has 0 aromatic carbocycles. The van der Waals surface area contributed by atoms with E-state index in [4.69, 9.17) is 0 Å². The van der Waals surface area contributed by atoms with Crippen molar-refractivity contribution in [1.82, 2.24) is 9.97 Å². The second kappa shape index (κ2) is 5.60. The van der Waals surface area contributed by atoms with Gasteiger partial charge in [0.2, 0.25) is 0 Å². The molecule has 0 saturated carbocycles. The lowest BCUT2D eigenvalue weighted by Crippen LogP contribution is -2.19. The normalized spacial score (nSPS) is 10.4. The number of aliphatic hydroxyl groups is 1. The minimum atomic E-state index is 0.0173. The van der Waals surface area contributed by atoms with Crippen LogP contribution in [0.5, 0.6) is 0 Å². The highest BCUT2D eigenvalue weighted by Gasteiger charge is 2.08. The SMILES string of the molecule is Cc1cccc(CN(C)c2cnccc2CO)n1. The van der Waals surface area contributed by atoms with Crippen LogP contribution < -0.4 is 4.90 Å². The van der Waals surface area contributed by atoms with Gasteiger partial charge in [-0.3, -0.25) is 9.97 Å². The zero-order valence-electron chi connectivity index (χ0n) is 10.7. The molecule has 1 N–H and O–H groups in total. The van der Waals surface area contributed by atoms with Crippen LogP contribution in [-0.4, -0.2) is 22.1 Å². The summed E-state index contributed by atoms with van der Waals surface area (Å²) in [5, 5.41) is 9.31. The van der Waals surface area contributed by atoms with Gasteiger partial charge in [-0.05, 0) is 25.1 Å². The van der Waals surface area contributed by atoms with Crippen LogP contribution in [0.2, 0.25) is 0 Å². The minimum Gasteiger partial charge on any atom is -0.392 e. The lowest BCUT2D eigenvalue weighted by molar-refractivity contribution is 0.282. The highest BCUT2D eigenvalue weighted by molar-refractivity contribution is 5.50. The first-order chi connectivity index (χ1) is 8.70. The molecule has 4 nitrogen and oxygen atoms in total. The summed E-state index contributed by atoms with van der Waals surface area (Å²) in [6.07, 6.45) is 3.45. The fourth-order valence-corrected chi connectivity index (χ4v) is 1.91. The van der Waals surface area contributed by atoms with E-state index in [0.717, 1.165) is 22.6 Å². The lowest BCUT2D eigenvalue weighted by atomic mass is 10.2. The summed E-state index contributed by atoms with van der Waals surface area (Å²) in [5.74, 6) is 0. The number of aromatic nitrogens is 2. The van der Waals surface area contributed by atoms with Gasteiger partial charge in [-0.1, -0.05) is 6.07 Å². The second-order valence-electron chi connectivity index (χ2n) is 4.29. The standard InChI is InChI=1S/C14H17N3O/c1-11-4-3-5-13(16-11)9-17(2)14-8-15-7-6-12(14)10-18/h3-8,18H,9-10H2,1-2H3. The first-order valence-electron chi connectivity index (χ1n) is 5.88. The minimum absolute atomic E-state index is 0.0173. The van der Waals surface area contributed by atoms with E-state index in [1.54, 1.807) is 12.4 Å². The number of nitrogens with zero attached hydrogens (tertiary/aromatic N) is 3. The first kappa shape index (κ1) is 12.5. The van der Waals surface area contributed by atoms with Crippen molar-refractivity contribution >= 4 is 5.69 Å². The fraction of sp³-hybridized carbons (Fsp3) is 0.286. The second-order valence-corrected chi connectivity index (χ2v) is 4.29. The van der Waals surface area contributed by atoms with Crippen LogP contribution in [0, 0.1) is 6.92 Å². The Morgan fingerprint density at radius 2 is 2.11 bits per heavy atom. The van der Waals surface area contributed by atoms with Crippen LogP contribution in [0.3, 0.4) is 0 Å². The van der Waals surface area contributed by atoms with Crippen molar-refractivity contribution in [1.29, 1.82) is 0 Å². The molecule has 94 valence electrons. The maximum Gasteiger partial charge on any atom is 0.0703 e. The number of hydrogen-bond acceptors (Lipinski definition) is 4. The molecule has 0 aliphatic carbocycles. The molecule has 0 bridgehead atoms. The average molecular weight is 243 g/mol. The van der Waals surface area contributed by atoms with Crippen LogP contribution in [0.1, 0.15) is 17.0 Å². The fourth-order valence-electron chi connectivity index (χ4n) is 1.91. The molecule has 4 heteroatoms. The quantitative estimate of drug-likeness (QED) is 0.891. The van der Waals surface area contributed by atoms with Crippen molar-refractivity contribution in [2.24, 2.45) is 0 Å². The molecule has 0 fully saturated rings. The molecule has 0 saturated heterocycles. The van der Waals surface area contributed by atoms with E-state index in [0.29, 0.717) is 6.54 Å². The van der Waals surface area contributed by atoms with E-state index in [-0.39, 0.29) is 6.61 Å². The van der Waals surface area contributed by atoms with Gasteiger partial charge in [0.25, 0.3) is 0 Å². The van der Waals surface area contributed by atoms with Crippen molar-refractivity contribution in [2.45, 2.75) is 20.1 Å². The summed E-state index contributed by atoms with van der Waals surface area (Å²) in [5.41, 5.74) is 3.82. The van der Waals surface area contributed by atoms with Gasteiger partial charge >= 0.3 is 0 Å². The number of hydrogen-bond donors (Lipinski definition) is 1. The third-order valence-corrected chi connectivity index (χ3v) is 2.81. The molecular formula is C14H17N3O. The van der Waals surface area contributed by atoms with E-state index in [1.165, 1.54) is 0 Å². The molecule has 0 atom stereocenters. The zero-order valence-corrected chi connectivity index (χ0v) is 10.7. The first-order valence-corrected chi connectivity index (χ1v) is 5.88. The molecule has 2 aromatic rings.